The molecule has 0 aliphatic carbocycles. The summed E-state index contributed by atoms with van der Waals surface area (Å²) < 4.78 is 16.4. The lowest BCUT2D eigenvalue weighted by molar-refractivity contribution is 0.0511. The van der Waals surface area contributed by atoms with Gasteiger partial charge < -0.3 is 14.2 Å². The van der Waals surface area contributed by atoms with Crippen LogP contribution in [0.25, 0.3) is 12.2 Å². The predicted octanol–water partition coefficient (Wildman–Crippen LogP) is 5.97. The third-order valence-corrected chi connectivity index (χ3v) is 4.03. The second-order valence-corrected chi connectivity index (χ2v) is 6.15. The first-order valence-electron chi connectivity index (χ1n) is 9.17. The van der Waals surface area contributed by atoms with Gasteiger partial charge >= 0.3 is 0 Å². The van der Waals surface area contributed by atoms with Gasteiger partial charge in [0, 0.05) is 12.7 Å². The lowest BCUT2D eigenvalue weighted by atomic mass is 10.1. The van der Waals surface area contributed by atoms with Gasteiger partial charge in [0.1, 0.15) is 18.1 Å². The summed E-state index contributed by atoms with van der Waals surface area (Å²) >= 11 is 0. The SMILES string of the molecule is COCOc1cccc(C=CC=Cc2ccccc2OCc2ccccc2)c1. The van der Waals surface area contributed by atoms with Gasteiger partial charge in [0.2, 0.25) is 0 Å². The Bertz CT molecular complexity index is 914. The van der Waals surface area contributed by atoms with E-state index in [1.165, 1.54) is 0 Å². The van der Waals surface area contributed by atoms with Crippen molar-refractivity contribution in [2.45, 2.75) is 6.61 Å². The minimum Gasteiger partial charge on any atom is -0.488 e. The molecule has 0 unspecified atom stereocenters. The molecule has 3 aromatic carbocycles. The molecule has 3 aromatic rings. The molecule has 0 aromatic heterocycles. The first-order chi connectivity index (χ1) is 13.8. The van der Waals surface area contributed by atoms with Crippen LogP contribution < -0.4 is 9.47 Å². The summed E-state index contributed by atoms with van der Waals surface area (Å²) in [5, 5.41) is 0. The van der Waals surface area contributed by atoms with Gasteiger partial charge in [-0.25, -0.2) is 0 Å². The van der Waals surface area contributed by atoms with Crippen LogP contribution in [0, 0.1) is 0 Å². The monoisotopic (exact) mass is 372 g/mol. The molecule has 0 atom stereocenters. The molecule has 3 nitrogen and oxygen atoms in total. The molecule has 0 heterocycles. The third kappa shape index (κ3) is 6.15. The molecule has 142 valence electrons. The first-order valence-corrected chi connectivity index (χ1v) is 9.17. The maximum atomic E-state index is 5.99. The summed E-state index contributed by atoms with van der Waals surface area (Å²) in [6.07, 6.45) is 8.09. The largest absolute Gasteiger partial charge is 0.488 e. The summed E-state index contributed by atoms with van der Waals surface area (Å²) in [5.41, 5.74) is 3.25. The van der Waals surface area contributed by atoms with E-state index in [1.54, 1.807) is 7.11 Å². The molecule has 3 heteroatoms. The molecule has 0 aliphatic rings. The molecule has 3 rings (SSSR count). The standard InChI is InChI=1S/C25H24O3/c1-26-20-28-24-16-9-13-21(18-24)10-5-6-14-23-15-7-8-17-25(23)27-19-22-11-3-2-4-12-22/h2-18H,19-20H2,1H3. The Kier molecular flexibility index (Phi) is 7.47. The van der Waals surface area contributed by atoms with E-state index in [4.69, 9.17) is 14.2 Å². The van der Waals surface area contributed by atoms with Crippen molar-refractivity contribution < 1.29 is 14.2 Å². The summed E-state index contributed by atoms with van der Waals surface area (Å²) in [6, 6.07) is 26.1. The van der Waals surface area contributed by atoms with E-state index in [9.17, 15) is 0 Å². The van der Waals surface area contributed by atoms with Gasteiger partial charge in [-0.2, -0.15) is 0 Å². The van der Waals surface area contributed by atoms with Crippen LogP contribution in [-0.2, 0) is 11.3 Å². The van der Waals surface area contributed by atoms with Crippen molar-refractivity contribution >= 4 is 12.2 Å². The van der Waals surface area contributed by atoms with Crippen LogP contribution in [0.2, 0.25) is 0 Å². The summed E-state index contributed by atoms with van der Waals surface area (Å²) in [7, 11) is 1.61. The lowest BCUT2D eigenvalue weighted by Gasteiger charge is -2.09. The molecule has 0 radical (unpaired) electrons. The molecular formula is C25H24O3. The minimum absolute atomic E-state index is 0.243. The van der Waals surface area contributed by atoms with Crippen molar-refractivity contribution in [1.29, 1.82) is 0 Å². The average molecular weight is 372 g/mol. The van der Waals surface area contributed by atoms with Crippen molar-refractivity contribution in [2.75, 3.05) is 13.9 Å². The predicted molar refractivity (Wildman–Crippen MR) is 114 cm³/mol. The highest BCUT2D eigenvalue weighted by Gasteiger charge is 2.00. The highest BCUT2D eigenvalue weighted by molar-refractivity contribution is 5.61. The third-order valence-electron chi connectivity index (χ3n) is 4.03. The van der Waals surface area contributed by atoms with E-state index >= 15 is 0 Å². The molecule has 0 saturated carbocycles. The molecular weight excluding hydrogens is 348 g/mol. The second-order valence-electron chi connectivity index (χ2n) is 6.15. The highest BCUT2D eigenvalue weighted by Crippen LogP contribution is 2.21. The van der Waals surface area contributed by atoms with E-state index in [0.29, 0.717) is 6.61 Å². The van der Waals surface area contributed by atoms with Crippen molar-refractivity contribution in [1.82, 2.24) is 0 Å². The zero-order chi connectivity index (χ0) is 19.4. The normalized spacial score (nSPS) is 11.2. The zero-order valence-electron chi connectivity index (χ0n) is 16.0. The maximum absolute atomic E-state index is 5.99. The van der Waals surface area contributed by atoms with E-state index in [2.05, 4.69) is 12.1 Å². The van der Waals surface area contributed by atoms with E-state index in [-0.39, 0.29) is 6.79 Å². The van der Waals surface area contributed by atoms with Gasteiger partial charge in [0.15, 0.2) is 6.79 Å². The summed E-state index contributed by atoms with van der Waals surface area (Å²) in [5.74, 6) is 1.65. The maximum Gasteiger partial charge on any atom is 0.188 e. The van der Waals surface area contributed by atoms with Gasteiger partial charge in [0.25, 0.3) is 0 Å². The van der Waals surface area contributed by atoms with Crippen molar-refractivity contribution in [3.8, 4) is 11.5 Å². The number of rotatable bonds is 9. The number of allylic oxidation sites excluding steroid dienone is 2. The fourth-order valence-electron chi connectivity index (χ4n) is 2.65. The number of hydrogen-bond acceptors (Lipinski definition) is 3. The fraction of sp³-hybridized carbons (Fsp3) is 0.120. The Morgan fingerprint density at radius 1 is 0.750 bits per heavy atom. The van der Waals surface area contributed by atoms with Crippen LogP contribution in [0.3, 0.4) is 0 Å². The number of para-hydroxylation sites is 1. The number of ether oxygens (including phenoxy) is 3. The van der Waals surface area contributed by atoms with Gasteiger partial charge in [-0.15, -0.1) is 0 Å². The molecule has 0 saturated heterocycles. The first kappa shape index (κ1) is 19.5. The van der Waals surface area contributed by atoms with Gasteiger partial charge in [-0.05, 0) is 29.3 Å². The van der Waals surface area contributed by atoms with Crippen molar-refractivity contribution in [2.24, 2.45) is 0 Å². The average Bonchev–Trinajstić information content (AvgIpc) is 2.75. The van der Waals surface area contributed by atoms with Crippen LogP contribution in [0.4, 0.5) is 0 Å². The smallest absolute Gasteiger partial charge is 0.188 e. The molecule has 28 heavy (non-hydrogen) atoms. The Labute approximate surface area is 166 Å². The highest BCUT2D eigenvalue weighted by atomic mass is 16.7. The fourth-order valence-corrected chi connectivity index (χ4v) is 2.65. The van der Waals surface area contributed by atoms with Crippen LogP contribution in [-0.4, -0.2) is 13.9 Å². The van der Waals surface area contributed by atoms with Crippen LogP contribution >= 0.6 is 0 Å². The molecule has 0 amide bonds. The van der Waals surface area contributed by atoms with Gasteiger partial charge in [-0.1, -0.05) is 85.0 Å². The Balaban J connectivity index is 1.62. The number of methoxy groups -OCH3 is 1. The van der Waals surface area contributed by atoms with E-state index in [0.717, 1.165) is 28.2 Å². The Morgan fingerprint density at radius 2 is 1.54 bits per heavy atom. The van der Waals surface area contributed by atoms with Crippen molar-refractivity contribution in [3.63, 3.8) is 0 Å². The van der Waals surface area contributed by atoms with Gasteiger partial charge in [-0.3, -0.25) is 0 Å². The van der Waals surface area contributed by atoms with Crippen LogP contribution in [0.1, 0.15) is 16.7 Å². The molecule has 0 aliphatic heterocycles. The Hall–Kier alpha value is -3.30. The van der Waals surface area contributed by atoms with Crippen LogP contribution in [0.15, 0.2) is 91.0 Å². The topological polar surface area (TPSA) is 27.7 Å². The summed E-state index contributed by atoms with van der Waals surface area (Å²) in [4.78, 5) is 0. The van der Waals surface area contributed by atoms with E-state index < -0.39 is 0 Å². The summed E-state index contributed by atoms with van der Waals surface area (Å²) in [6.45, 7) is 0.794. The van der Waals surface area contributed by atoms with Gasteiger partial charge in [0.05, 0.1) is 0 Å². The number of hydrogen-bond donors (Lipinski definition) is 0. The Morgan fingerprint density at radius 3 is 2.39 bits per heavy atom. The molecule has 0 bridgehead atoms. The number of benzene rings is 3. The van der Waals surface area contributed by atoms with E-state index in [1.807, 2.05) is 91.0 Å². The minimum atomic E-state index is 0.243. The van der Waals surface area contributed by atoms with Crippen molar-refractivity contribution in [3.05, 3.63) is 108 Å². The quantitative estimate of drug-likeness (QED) is 0.342. The second kappa shape index (κ2) is 10.8. The zero-order valence-corrected chi connectivity index (χ0v) is 16.0. The molecule has 0 fully saturated rings. The molecule has 0 spiro atoms. The van der Waals surface area contributed by atoms with Crippen LogP contribution in [0.5, 0.6) is 11.5 Å². The lowest BCUT2D eigenvalue weighted by Crippen LogP contribution is -1.98. The molecule has 0 N–H and O–H groups in total.